The van der Waals surface area contributed by atoms with E-state index in [2.05, 4.69) is 36.5 Å². The Morgan fingerprint density at radius 2 is 1.89 bits per heavy atom. The highest BCUT2D eigenvalue weighted by Gasteiger charge is 2.40. The molecule has 1 aromatic rings. The molecule has 2 atom stereocenters. The van der Waals surface area contributed by atoms with Crippen molar-refractivity contribution >= 4 is 6.09 Å². The SMILES string of the molecule is Cc1ccc(C2CC2NC(=O)OC(C)(C)C)cc1. The van der Waals surface area contributed by atoms with Crippen molar-refractivity contribution in [3.8, 4) is 0 Å². The average molecular weight is 247 g/mol. The third-order valence-electron chi connectivity index (χ3n) is 3.00. The van der Waals surface area contributed by atoms with Gasteiger partial charge in [-0.25, -0.2) is 4.79 Å². The Hall–Kier alpha value is -1.51. The van der Waals surface area contributed by atoms with E-state index in [1.165, 1.54) is 11.1 Å². The zero-order valence-corrected chi connectivity index (χ0v) is 11.5. The van der Waals surface area contributed by atoms with Crippen LogP contribution in [0.25, 0.3) is 0 Å². The second kappa shape index (κ2) is 4.63. The average Bonchev–Trinajstić information content (AvgIpc) is 2.95. The fourth-order valence-corrected chi connectivity index (χ4v) is 2.00. The van der Waals surface area contributed by atoms with Crippen LogP contribution in [0.4, 0.5) is 4.79 Å². The number of alkyl carbamates (subject to hydrolysis) is 1. The minimum Gasteiger partial charge on any atom is -0.444 e. The van der Waals surface area contributed by atoms with Crippen LogP contribution in [0.2, 0.25) is 0 Å². The Morgan fingerprint density at radius 1 is 1.28 bits per heavy atom. The van der Waals surface area contributed by atoms with Crippen LogP contribution in [0.5, 0.6) is 0 Å². The number of aryl methyl sites for hydroxylation is 1. The summed E-state index contributed by atoms with van der Waals surface area (Å²) in [4.78, 5) is 11.6. The van der Waals surface area contributed by atoms with Crippen LogP contribution in [0, 0.1) is 6.92 Å². The van der Waals surface area contributed by atoms with E-state index in [1.807, 2.05) is 20.8 Å². The predicted molar refractivity (Wildman–Crippen MR) is 71.7 cm³/mol. The first-order valence-corrected chi connectivity index (χ1v) is 6.41. The normalized spacial score (nSPS) is 22.4. The van der Waals surface area contributed by atoms with Crippen molar-refractivity contribution in [2.75, 3.05) is 0 Å². The van der Waals surface area contributed by atoms with Gasteiger partial charge >= 0.3 is 6.09 Å². The fourth-order valence-electron chi connectivity index (χ4n) is 2.00. The van der Waals surface area contributed by atoms with Crippen molar-refractivity contribution in [1.29, 1.82) is 0 Å². The number of rotatable bonds is 2. The lowest BCUT2D eigenvalue weighted by molar-refractivity contribution is 0.0523. The number of hydrogen-bond donors (Lipinski definition) is 1. The smallest absolute Gasteiger partial charge is 0.407 e. The molecule has 98 valence electrons. The molecule has 0 bridgehead atoms. The number of amides is 1. The Bertz CT molecular complexity index is 431. The van der Waals surface area contributed by atoms with Crippen LogP contribution in [0.15, 0.2) is 24.3 Å². The zero-order chi connectivity index (χ0) is 13.3. The molecule has 2 unspecified atom stereocenters. The summed E-state index contributed by atoms with van der Waals surface area (Å²) in [6, 6.07) is 8.71. The molecule has 0 saturated heterocycles. The molecular formula is C15H21NO2. The number of carbonyl (C=O) groups excluding carboxylic acids is 1. The Labute approximate surface area is 109 Å². The molecule has 3 nitrogen and oxygen atoms in total. The number of ether oxygens (including phenoxy) is 1. The molecule has 0 spiro atoms. The molecule has 0 aliphatic heterocycles. The molecular weight excluding hydrogens is 226 g/mol. The second-order valence-electron chi connectivity index (χ2n) is 6.01. The summed E-state index contributed by atoms with van der Waals surface area (Å²) in [6.45, 7) is 7.69. The van der Waals surface area contributed by atoms with Crippen molar-refractivity contribution in [3.63, 3.8) is 0 Å². The van der Waals surface area contributed by atoms with E-state index in [9.17, 15) is 4.79 Å². The van der Waals surface area contributed by atoms with Crippen molar-refractivity contribution in [2.24, 2.45) is 0 Å². The van der Waals surface area contributed by atoms with Crippen LogP contribution in [0.1, 0.15) is 44.2 Å². The molecule has 0 aromatic heterocycles. The van der Waals surface area contributed by atoms with Gasteiger partial charge in [-0.3, -0.25) is 0 Å². The van der Waals surface area contributed by atoms with Gasteiger partial charge in [-0.05, 0) is 39.7 Å². The van der Waals surface area contributed by atoms with Crippen LogP contribution in [0.3, 0.4) is 0 Å². The molecule has 1 aromatic carbocycles. The van der Waals surface area contributed by atoms with Gasteiger partial charge in [-0.15, -0.1) is 0 Å². The van der Waals surface area contributed by atoms with Crippen LogP contribution in [-0.4, -0.2) is 17.7 Å². The van der Waals surface area contributed by atoms with Crippen molar-refractivity contribution in [1.82, 2.24) is 5.32 Å². The van der Waals surface area contributed by atoms with Gasteiger partial charge in [0.25, 0.3) is 0 Å². The zero-order valence-electron chi connectivity index (χ0n) is 11.5. The van der Waals surface area contributed by atoms with Crippen molar-refractivity contribution in [2.45, 2.75) is 51.7 Å². The lowest BCUT2D eigenvalue weighted by atomic mass is 10.1. The van der Waals surface area contributed by atoms with Crippen LogP contribution >= 0.6 is 0 Å². The molecule has 1 aliphatic rings. The highest BCUT2D eigenvalue weighted by Crippen LogP contribution is 2.40. The van der Waals surface area contributed by atoms with Crippen molar-refractivity contribution < 1.29 is 9.53 Å². The maximum absolute atomic E-state index is 11.6. The van der Waals surface area contributed by atoms with Gasteiger partial charge < -0.3 is 10.1 Å². The first-order valence-electron chi connectivity index (χ1n) is 6.41. The van der Waals surface area contributed by atoms with Crippen LogP contribution < -0.4 is 5.32 Å². The molecule has 1 N–H and O–H groups in total. The Kier molecular flexibility index (Phi) is 3.33. The monoisotopic (exact) mass is 247 g/mol. The number of carbonyl (C=O) groups is 1. The van der Waals surface area contributed by atoms with E-state index in [1.54, 1.807) is 0 Å². The summed E-state index contributed by atoms with van der Waals surface area (Å²) >= 11 is 0. The van der Waals surface area contributed by atoms with Gasteiger partial charge in [-0.2, -0.15) is 0 Å². The van der Waals surface area contributed by atoms with E-state index in [0.29, 0.717) is 5.92 Å². The van der Waals surface area contributed by atoms with E-state index in [4.69, 9.17) is 4.74 Å². The molecule has 1 aliphatic carbocycles. The number of nitrogens with one attached hydrogen (secondary N) is 1. The van der Waals surface area contributed by atoms with Gasteiger partial charge in [0.1, 0.15) is 5.60 Å². The predicted octanol–water partition coefficient (Wildman–Crippen LogP) is 3.38. The minimum atomic E-state index is -0.432. The standard InChI is InChI=1S/C15H21NO2/c1-10-5-7-11(8-6-10)12-9-13(12)16-14(17)18-15(2,3)4/h5-8,12-13H,9H2,1-4H3,(H,16,17). The molecule has 2 rings (SSSR count). The summed E-state index contributed by atoms with van der Waals surface area (Å²) < 4.78 is 5.24. The van der Waals surface area contributed by atoms with E-state index in [0.717, 1.165) is 6.42 Å². The molecule has 1 amide bonds. The molecule has 1 saturated carbocycles. The quantitative estimate of drug-likeness (QED) is 0.870. The third kappa shape index (κ3) is 3.49. The van der Waals surface area contributed by atoms with Gasteiger partial charge in [0.05, 0.1) is 0 Å². The number of benzene rings is 1. The molecule has 3 heteroatoms. The highest BCUT2D eigenvalue weighted by molar-refractivity contribution is 5.69. The lowest BCUT2D eigenvalue weighted by Crippen LogP contribution is -2.34. The summed E-state index contributed by atoms with van der Waals surface area (Å²) in [6.07, 6.45) is 0.685. The minimum absolute atomic E-state index is 0.225. The molecule has 1 fully saturated rings. The largest absolute Gasteiger partial charge is 0.444 e. The van der Waals surface area contributed by atoms with E-state index >= 15 is 0 Å². The first-order chi connectivity index (χ1) is 8.35. The lowest BCUT2D eigenvalue weighted by Gasteiger charge is -2.19. The molecule has 0 heterocycles. The summed E-state index contributed by atoms with van der Waals surface area (Å²) in [7, 11) is 0. The summed E-state index contributed by atoms with van der Waals surface area (Å²) in [5.41, 5.74) is 2.12. The van der Waals surface area contributed by atoms with Gasteiger partial charge in [0.2, 0.25) is 0 Å². The molecule has 18 heavy (non-hydrogen) atoms. The fraction of sp³-hybridized carbons (Fsp3) is 0.533. The highest BCUT2D eigenvalue weighted by atomic mass is 16.6. The Morgan fingerprint density at radius 3 is 2.44 bits per heavy atom. The maximum Gasteiger partial charge on any atom is 0.407 e. The summed E-state index contributed by atoms with van der Waals surface area (Å²) in [5, 5.41) is 2.91. The molecule has 0 radical (unpaired) electrons. The summed E-state index contributed by atoms with van der Waals surface area (Å²) in [5.74, 6) is 0.443. The second-order valence-corrected chi connectivity index (χ2v) is 6.01. The maximum atomic E-state index is 11.6. The number of hydrogen-bond acceptors (Lipinski definition) is 2. The third-order valence-corrected chi connectivity index (χ3v) is 3.00. The van der Waals surface area contributed by atoms with Crippen LogP contribution in [-0.2, 0) is 4.74 Å². The van der Waals surface area contributed by atoms with Gasteiger partial charge in [-0.1, -0.05) is 29.8 Å². The topological polar surface area (TPSA) is 38.3 Å². The van der Waals surface area contributed by atoms with E-state index < -0.39 is 5.60 Å². The van der Waals surface area contributed by atoms with Gasteiger partial charge in [0.15, 0.2) is 0 Å². The van der Waals surface area contributed by atoms with E-state index in [-0.39, 0.29) is 12.1 Å². The first kappa shape index (κ1) is 12.9. The van der Waals surface area contributed by atoms with Gasteiger partial charge in [0, 0.05) is 12.0 Å². The van der Waals surface area contributed by atoms with Crippen molar-refractivity contribution in [3.05, 3.63) is 35.4 Å². The Balaban J connectivity index is 1.85.